The van der Waals surface area contributed by atoms with Gasteiger partial charge in [0.25, 0.3) is 0 Å². The number of ketones is 1. The zero-order valence-electron chi connectivity index (χ0n) is 11.4. The van der Waals surface area contributed by atoms with Crippen LogP contribution in [0.5, 0.6) is 0 Å². The smallest absolute Gasteiger partial charge is 0.143 e. The van der Waals surface area contributed by atoms with Crippen LogP contribution in [-0.4, -0.2) is 22.8 Å². The highest BCUT2D eigenvalue weighted by atomic mass is 16.3. The number of carbonyl (C=O) groups excluding carboxylic acids is 2. The van der Waals surface area contributed by atoms with Crippen LogP contribution in [0.1, 0.15) is 40.5 Å². The SMILES string of the molecule is C/C(C#C[C@@]1(O)[C@@H](C)CC(=O)CC1(C)C)=C\C=O. The molecule has 0 unspecified atom stereocenters. The number of carbonyl (C=O) groups is 2. The van der Waals surface area contributed by atoms with E-state index < -0.39 is 11.0 Å². The van der Waals surface area contributed by atoms with E-state index in [1.807, 2.05) is 20.8 Å². The molecule has 1 rings (SSSR count). The molecule has 2 atom stereocenters. The number of hydrogen-bond acceptors (Lipinski definition) is 3. The lowest BCUT2D eigenvalue weighted by molar-refractivity contribution is -0.140. The van der Waals surface area contributed by atoms with Crippen LogP contribution in [0.4, 0.5) is 0 Å². The Kier molecular flexibility index (Phi) is 4.13. The molecular formula is C15H20O3. The van der Waals surface area contributed by atoms with Gasteiger partial charge in [-0.2, -0.15) is 0 Å². The summed E-state index contributed by atoms with van der Waals surface area (Å²) in [5.41, 5.74) is -1.16. The van der Waals surface area contributed by atoms with E-state index in [0.29, 0.717) is 24.7 Å². The summed E-state index contributed by atoms with van der Waals surface area (Å²) in [5, 5.41) is 10.8. The maximum atomic E-state index is 11.6. The van der Waals surface area contributed by atoms with Crippen LogP contribution in [0.3, 0.4) is 0 Å². The summed E-state index contributed by atoms with van der Waals surface area (Å²) in [5.74, 6) is 5.64. The van der Waals surface area contributed by atoms with Crippen LogP contribution >= 0.6 is 0 Å². The minimum atomic E-state index is -1.20. The molecule has 98 valence electrons. The van der Waals surface area contributed by atoms with Crippen molar-refractivity contribution in [1.29, 1.82) is 0 Å². The lowest BCUT2D eigenvalue weighted by atomic mass is 9.60. The van der Waals surface area contributed by atoms with E-state index in [0.717, 1.165) is 0 Å². The van der Waals surface area contributed by atoms with Gasteiger partial charge in [0.15, 0.2) is 0 Å². The Balaban J connectivity index is 3.12. The molecule has 3 heteroatoms. The van der Waals surface area contributed by atoms with Crippen molar-refractivity contribution in [2.45, 2.75) is 46.1 Å². The summed E-state index contributed by atoms with van der Waals surface area (Å²) in [6, 6.07) is 0. The first-order chi connectivity index (χ1) is 8.23. The molecule has 1 fully saturated rings. The molecule has 0 spiro atoms. The molecule has 0 aromatic carbocycles. The molecule has 18 heavy (non-hydrogen) atoms. The molecular weight excluding hydrogens is 228 g/mol. The molecule has 0 aliphatic heterocycles. The van der Waals surface area contributed by atoms with Gasteiger partial charge in [0.05, 0.1) is 0 Å². The monoisotopic (exact) mass is 248 g/mol. The van der Waals surface area contributed by atoms with Gasteiger partial charge in [0.1, 0.15) is 17.7 Å². The Morgan fingerprint density at radius 3 is 2.61 bits per heavy atom. The number of Topliss-reactive ketones (excluding diaryl/α,β-unsaturated/α-hetero) is 1. The lowest BCUT2D eigenvalue weighted by Gasteiger charge is -2.46. The molecule has 3 nitrogen and oxygen atoms in total. The minimum Gasteiger partial charge on any atom is -0.377 e. The number of rotatable bonds is 1. The molecule has 0 aromatic rings. The number of aldehydes is 1. The minimum absolute atomic E-state index is 0.166. The third-order valence-corrected chi connectivity index (χ3v) is 3.69. The second kappa shape index (κ2) is 5.07. The van der Waals surface area contributed by atoms with Crippen molar-refractivity contribution < 1.29 is 14.7 Å². The Hall–Kier alpha value is -1.40. The van der Waals surface area contributed by atoms with Crippen molar-refractivity contribution in [2.75, 3.05) is 0 Å². The predicted molar refractivity (Wildman–Crippen MR) is 69.7 cm³/mol. The summed E-state index contributed by atoms with van der Waals surface area (Å²) in [7, 11) is 0. The molecule has 0 amide bonds. The molecule has 1 saturated carbocycles. The van der Waals surface area contributed by atoms with Crippen molar-refractivity contribution in [3.8, 4) is 11.8 Å². The van der Waals surface area contributed by atoms with E-state index in [4.69, 9.17) is 0 Å². The van der Waals surface area contributed by atoms with E-state index in [2.05, 4.69) is 11.8 Å². The summed E-state index contributed by atoms with van der Waals surface area (Å²) in [6.07, 6.45) is 2.72. The van der Waals surface area contributed by atoms with Gasteiger partial charge in [0.2, 0.25) is 0 Å². The zero-order chi connectivity index (χ0) is 14.0. The van der Waals surface area contributed by atoms with Crippen LogP contribution in [0, 0.1) is 23.2 Å². The van der Waals surface area contributed by atoms with Crippen LogP contribution in [0.2, 0.25) is 0 Å². The highest BCUT2D eigenvalue weighted by molar-refractivity contribution is 5.81. The van der Waals surface area contributed by atoms with Crippen molar-refractivity contribution in [3.05, 3.63) is 11.6 Å². The van der Waals surface area contributed by atoms with Gasteiger partial charge in [-0.1, -0.05) is 32.6 Å². The van der Waals surface area contributed by atoms with Crippen molar-refractivity contribution in [3.63, 3.8) is 0 Å². The fourth-order valence-corrected chi connectivity index (χ4v) is 2.49. The van der Waals surface area contributed by atoms with Gasteiger partial charge in [-0.15, -0.1) is 0 Å². The largest absolute Gasteiger partial charge is 0.377 e. The summed E-state index contributed by atoms with van der Waals surface area (Å²) in [4.78, 5) is 21.9. The standard InChI is InChI=1S/C15H20O3/c1-11(6-8-16)5-7-15(18)12(2)9-13(17)10-14(15,3)4/h6,8,12,18H,9-10H2,1-4H3/b11-6+/t12-,15+/m0/s1. The molecule has 1 aliphatic carbocycles. The second-order valence-electron chi connectivity index (χ2n) is 5.71. The molecule has 0 saturated heterocycles. The zero-order valence-corrected chi connectivity index (χ0v) is 11.4. The fraction of sp³-hybridized carbons (Fsp3) is 0.600. The molecule has 0 bridgehead atoms. The summed E-state index contributed by atoms with van der Waals surface area (Å²) < 4.78 is 0. The highest BCUT2D eigenvalue weighted by Gasteiger charge is 2.51. The first-order valence-corrected chi connectivity index (χ1v) is 6.12. The van der Waals surface area contributed by atoms with E-state index in [-0.39, 0.29) is 11.7 Å². The third kappa shape index (κ3) is 2.70. The van der Waals surface area contributed by atoms with E-state index >= 15 is 0 Å². The Bertz CT molecular complexity index is 448. The first-order valence-electron chi connectivity index (χ1n) is 6.12. The normalized spacial score (nSPS) is 31.5. The number of aliphatic hydroxyl groups is 1. The molecule has 0 heterocycles. The maximum Gasteiger partial charge on any atom is 0.143 e. The summed E-state index contributed by atoms with van der Waals surface area (Å²) >= 11 is 0. The van der Waals surface area contributed by atoms with Gasteiger partial charge in [-0.3, -0.25) is 9.59 Å². The van der Waals surface area contributed by atoms with Crippen molar-refractivity contribution >= 4 is 12.1 Å². The predicted octanol–water partition coefficient (Wildman–Crippen LogP) is 1.89. The fourth-order valence-electron chi connectivity index (χ4n) is 2.49. The topological polar surface area (TPSA) is 54.4 Å². The molecule has 0 radical (unpaired) electrons. The third-order valence-electron chi connectivity index (χ3n) is 3.69. The van der Waals surface area contributed by atoms with E-state index in [1.54, 1.807) is 6.92 Å². The second-order valence-corrected chi connectivity index (χ2v) is 5.71. The maximum absolute atomic E-state index is 11.6. The summed E-state index contributed by atoms with van der Waals surface area (Å²) in [6.45, 7) is 7.27. The Morgan fingerprint density at radius 1 is 1.50 bits per heavy atom. The molecule has 1 N–H and O–H groups in total. The Labute approximate surface area is 108 Å². The van der Waals surface area contributed by atoms with Gasteiger partial charge < -0.3 is 5.11 Å². The Morgan fingerprint density at radius 2 is 2.11 bits per heavy atom. The van der Waals surface area contributed by atoms with Crippen LogP contribution in [0.15, 0.2) is 11.6 Å². The van der Waals surface area contributed by atoms with Gasteiger partial charge in [-0.25, -0.2) is 0 Å². The van der Waals surface area contributed by atoms with Gasteiger partial charge in [0, 0.05) is 29.7 Å². The van der Waals surface area contributed by atoms with Gasteiger partial charge in [-0.05, 0) is 13.0 Å². The van der Waals surface area contributed by atoms with Crippen molar-refractivity contribution in [2.24, 2.45) is 11.3 Å². The number of hydrogen-bond donors (Lipinski definition) is 1. The van der Waals surface area contributed by atoms with Gasteiger partial charge >= 0.3 is 0 Å². The average molecular weight is 248 g/mol. The van der Waals surface area contributed by atoms with Crippen LogP contribution in [0.25, 0.3) is 0 Å². The first kappa shape index (κ1) is 14.7. The lowest BCUT2D eigenvalue weighted by Crippen LogP contribution is -2.53. The molecule has 0 aromatic heterocycles. The molecule has 1 aliphatic rings. The quantitative estimate of drug-likeness (QED) is 0.438. The van der Waals surface area contributed by atoms with Crippen LogP contribution < -0.4 is 0 Å². The number of allylic oxidation sites excluding steroid dienone is 2. The van der Waals surface area contributed by atoms with Crippen LogP contribution in [-0.2, 0) is 9.59 Å². The van der Waals surface area contributed by atoms with Crippen molar-refractivity contribution in [1.82, 2.24) is 0 Å². The van der Waals surface area contributed by atoms with E-state index in [1.165, 1.54) is 6.08 Å². The highest BCUT2D eigenvalue weighted by Crippen LogP contribution is 2.45. The van der Waals surface area contributed by atoms with E-state index in [9.17, 15) is 14.7 Å². The average Bonchev–Trinajstić information content (AvgIpc) is 2.23.